The minimum absolute atomic E-state index is 0.128. The second kappa shape index (κ2) is 11.0. The standard InChI is InChI=1S/C24H29ClN2O3/c1-18(24(29)26-21-11-4-2-5-12-21)27(16-19-9-8-10-20(25)15-19)23(28)17-30-22-13-6-3-7-14-22/h3,6-10,13-15,18,21H,2,4-5,11-12,16-17H2,1H3,(H,26,29)/t18-/m1/s1. The van der Waals surface area contributed by atoms with Crippen molar-refractivity contribution >= 4 is 23.4 Å². The topological polar surface area (TPSA) is 58.6 Å². The lowest BCUT2D eigenvalue weighted by Gasteiger charge is -2.31. The highest BCUT2D eigenvalue weighted by molar-refractivity contribution is 6.30. The fourth-order valence-corrected chi connectivity index (χ4v) is 3.94. The first-order chi connectivity index (χ1) is 14.5. The zero-order chi connectivity index (χ0) is 21.3. The van der Waals surface area contributed by atoms with E-state index in [0.29, 0.717) is 10.8 Å². The van der Waals surface area contributed by atoms with Crippen LogP contribution in [0.15, 0.2) is 54.6 Å². The number of ether oxygens (including phenoxy) is 1. The van der Waals surface area contributed by atoms with E-state index in [4.69, 9.17) is 16.3 Å². The summed E-state index contributed by atoms with van der Waals surface area (Å²) >= 11 is 6.11. The molecule has 0 heterocycles. The molecule has 160 valence electrons. The summed E-state index contributed by atoms with van der Waals surface area (Å²) in [6.45, 7) is 1.92. The van der Waals surface area contributed by atoms with Crippen LogP contribution < -0.4 is 10.1 Å². The fourth-order valence-electron chi connectivity index (χ4n) is 3.73. The highest BCUT2D eigenvalue weighted by Gasteiger charge is 2.28. The van der Waals surface area contributed by atoms with Gasteiger partial charge in [0.15, 0.2) is 6.61 Å². The molecule has 0 bridgehead atoms. The molecule has 0 radical (unpaired) electrons. The second-order valence-corrected chi connectivity index (χ2v) is 8.21. The maximum atomic E-state index is 13.0. The van der Waals surface area contributed by atoms with Gasteiger partial charge >= 0.3 is 0 Å². The average molecular weight is 429 g/mol. The zero-order valence-corrected chi connectivity index (χ0v) is 18.1. The summed E-state index contributed by atoms with van der Waals surface area (Å²) in [5.41, 5.74) is 0.868. The smallest absolute Gasteiger partial charge is 0.261 e. The van der Waals surface area contributed by atoms with Crippen molar-refractivity contribution in [2.24, 2.45) is 0 Å². The minimum Gasteiger partial charge on any atom is -0.484 e. The molecule has 0 spiro atoms. The fraction of sp³-hybridized carbons (Fsp3) is 0.417. The van der Waals surface area contributed by atoms with Gasteiger partial charge in [-0.3, -0.25) is 9.59 Å². The van der Waals surface area contributed by atoms with Gasteiger partial charge in [0, 0.05) is 17.6 Å². The van der Waals surface area contributed by atoms with Crippen molar-refractivity contribution in [3.63, 3.8) is 0 Å². The molecule has 0 aromatic heterocycles. The van der Waals surface area contributed by atoms with Gasteiger partial charge in [0.2, 0.25) is 5.91 Å². The molecule has 3 rings (SSSR count). The number of rotatable bonds is 8. The molecule has 2 aromatic carbocycles. The zero-order valence-electron chi connectivity index (χ0n) is 17.4. The first-order valence-electron chi connectivity index (χ1n) is 10.5. The van der Waals surface area contributed by atoms with Gasteiger partial charge in [0.25, 0.3) is 5.91 Å². The number of hydrogen-bond acceptors (Lipinski definition) is 3. The molecule has 0 aliphatic heterocycles. The molecule has 1 aliphatic carbocycles. The third-order valence-electron chi connectivity index (χ3n) is 5.47. The van der Waals surface area contributed by atoms with Gasteiger partial charge in [-0.2, -0.15) is 0 Å². The van der Waals surface area contributed by atoms with E-state index >= 15 is 0 Å². The lowest BCUT2D eigenvalue weighted by atomic mass is 9.95. The molecule has 1 saturated carbocycles. The predicted octanol–water partition coefficient (Wildman–Crippen LogP) is 4.59. The van der Waals surface area contributed by atoms with E-state index in [0.717, 1.165) is 31.2 Å². The molecule has 1 N–H and O–H groups in total. The Labute approximate surface area is 183 Å². The Morgan fingerprint density at radius 2 is 1.83 bits per heavy atom. The molecular formula is C24H29ClN2O3. The van der Waals surface area contributed by atoms with Crippen molar-refractivity contribution in [1.82, 2.24) is 10.2 Å². The number of nitrogens with one attached hydrogen (secondary N) is 1. The van der Waals surface area contributed by atoms with Crippen molar-refractivity contribution in [3.8, 4) is 5.75 Å². The summed E-state index contributed by atoms with van der Waals surface area (Å²) in [5, 5.41) is 3.72. The Hall–Kier alpha value is -2.53. The molecule has 2 aromatic rings. The van der Waals surface area contributed by atoms with Gasteiger partial charge in [-0.1, -0.05) is 61.2 Å². The van der Waals surface area contributed by atoms with E-state index in [1.54, 1.807) is 30.0 Å². The Bertz CT molecular complexity index is 837. The SMILES string of the molecule is C[C@H](C(=O)NC1CCCCC1)N(Cc1cccc(Cl)c1)C(=O)COc1ccccc1. The van der Waals surface area contributed by atoms with Crippen LogP contribution in [0.25, 0.3) is 0 Å². The average Bonchev–Trinajstić information content (AvgIpc) is 2.77. The van der Waals surface area contributed by atoms with E-state index in [1.165, 1.54) is 6.42 Å². The molecule has 30 heavy (non-hydrogen) atoms. The molecule has 0 saturated heterocycles. The number of para-hydroxylation sites is 1. The summed E-state index contributed by atoms with van der Waals surface area (Å²) < 4.78 is 5.64. The van der Waals surface area contributed by atoms with Crippen LogP contribution in [0.2, 0.25) is 5.02 Å². The molecule has 1 aliphatic rings. The molecule has 2 amide bonds. The van der Waals surface area contributed by atoms with Crippen LogP contribution in [0.5, 0.6) is 5.75 Å². The number of amides is 2. The lowest BCUT2D eigenvalue weighted by Crippen LogP contribution is -2.51. The van der Waals surface area contributed by atoms with E-state index in [2.05, 4.69) is 5.32 Å². The molecule has 1 atom stereocenters. The third-order valence-corrected chi connectivity index (χ3v) is 5.70. The van der Waals surface area contributed by atoms with Crippen LogP contribution in [-0.2, 0) is 16.1 Å². The summed E-state index contributed by atoms with van der Waals surface area (Å²) in [4.78, 5) is 27.5. The van der Waals surface area contributed by atoms with Crippen LogP contribution >= 0.6 is 11.6 Å². The van der Waals surface area contributed by atoms with Crippen molar-refractivity contribution in [1.29, 1.82) is 0 Å². The van der Waals surface area contributed by atoms with Gasteiger partial charge in [0.05, 0.1) is 0 Å². The summed E-state index contributed by atoms with van der Waals surface area (Å²) in [5.74, 6) is 0.245. The van der Waals surface area contributed by atoms with Gasteiger partial charge in [0.1, 0.15) is 11.8 Å². The first kappa shape index (κ1) is 22.2. The van der Waals surface area contributed by atoms with Crippen molar-refractivity contribution in [3.05, 3.63) is 65.2 Å². The van der Waals surface area contributed by atoms with Gasteiger partial charge in [-0.25, -0.2) is 0 Å². The molecule has 6 heteroatoms. The van der Waals surface area contributed by atoms with Crippen LogP contribution in [0.1, 0.15) is 44.6 Å². The second-order valence-electron chi connectivity index (χ2n) is 7.77. The number of halogens is 1. The van der Waals surface area contributed by atoms with Crippen LogP contribution in [0, 0.1) is 0 Å². The van der Waals surface area contributed by atoms with Crippen molar-refractivity contribution in [2.75, 3.05) is 6.61 Å². The predicted molar refractivity (Wildman–Crippen MR) is 118 cm³/mol. The number of benzene rings is 2. The summed E-state index contributed by atoms with van der Waals surface area (Å²) in [6, 6.07) is 16.1. The van der Waals surface area contributed by atoms with Crippen LogP contribution in [0.4, 0.5) is 0 Å². The lowest BCUT2D eigenvalue weighted by molar-refractivity contribution is -0.142. The maximum Gasteiger partial charge on any atom is 0.261 e. The van der Waals surface area contributed by atoms with Gasteiger partial charge < -0.3 is 15.0 Å². The van der Waals surface area contributed by atoms with E-state index in [-0.39, 0.29) is 31.0 Å². The Balaban J connectivity index is 1.69. The van der Waals surface area contributed by atoms with Crippen LogP contribution in [-0.4, -0.2) is 35.4 Å². The molecule has 0 unspecified atom stereocenters. The number of hydrogen-bond donors (Lipinski definition) is 1. The maximum absolute atomic E-state index is 13.0. The Morgan fingerprint density at radius 1 is 1.10 bits per heavy atom. The highest BCUT2D eigenvalue weighted by Crippen LogP contribution is 2.19. The van der Waals surface area contributed by atoms with Gasteiger partial charge in [-0.05, 0) is 49.6 Å². The molecule has 5 nitrogen and oxygen atoms in total. The van der Waals surface area contributed by atoms with Crippen molar-refractivity contribution < 1.29 is 14.3 Å². The third kappa shape index (κ3) is 6.49. The Morgan fingerprint density at radius 3 is 2.53 bits per heavy atom. The largest absolute Gasteiger partial charge is 0.484 e. The molecular weight excluding hydrogens is 400 g/mol. The quantitative estimate of drug-likeness (QED) is 0.669. The number of nitrogens with zero attached hydrogens (tertiary/aromatic N) is 1. The van der Waals surface area contributed by atoms with E-state index in [9.17, 15) is 9.59 Å². The van der Waals surface area contributed by atoms with Crippen LogP contribution in [0.3, 0.4) is 0 Å². The Kier molecular flexibility index (Phi) is 8.14. The summed E-state index contributed by atoms with van der Waals surface area (Å²) in [7, 11) is 0. The van der Waals surface area contributed by atoms with Crippen molar-refractivity contribution in [2.45, 2.75) is 57.7 Å². The molecule has 1 fully saturated rings. The van der Waals surface area contributed by atoms with Gasteiger partial charge in [-0.15, -0.1) is 0 Å². The summed E-state index contributed by atoms with van der Waals surface area (Å²) in [6.07, 6.45) is 5.48. The number of carbonyl (C=O) groups excluding carboxylic acids is 2. The first-order valence-corrected chi connectivity index (χ1v) is 10.9. The normalized spacial score (nSPS) is 15.3. The number of carbonyl (C=O) groups is 2. The van der Waals surface area contributed by atoms with E-state index < -0.39 is 6.04 Å². The monoisotopic (exact) mass is 428 g/mol. The minimum atomic E-state index is -0.613. The highest BCUT2D eigenvalue weighted by atomic mass is 35.5. The van der Waals surface area contributed by atoms with E-state index in [1.807, 2.05) is 36.4 Å².